The van der Waals surface area contributed by atoms with Gasteiger partial charge < -0.3 is 10.2 Å². The number of rotatable bonds is 6. The van der Waals surface area contributed by atoms with Crippen LogP contribution in [-0.2, 0) is 0 Å². The highest BCUT2D eigenvalue weighted by molar-refractivity contribution is 8.17. The van der Waals surface area contributed by atoms with Gasteiger partial charge in [0, 0.05) is 0 Å². The molecule has 5 heteroatoms. The van der Waals surface area contributed by atoms with Crippen LogP contribution in [0.3, 0.4) is 0 Å². The van der Waals surface area contributed by atoms with Gasteiger partial charge >= 0.3 is 0 Å². The van der Waals surface area contributed by atoms with E-state index in [1.165, 1.54) is 23.5 Å². The third kappa shape index (κ3) is 3.38. The number of aliphatic hydroxyl groups is 2. The molecular formula is C7H16O2S3. The molecule has 0 aliphatic heterocycles. The van der Waals surface area contributed by atoms with Crippen molar-refractivity contribution in [1.82, 2.24) is 0 Å². The normalized spacial score (nSPS) is 12.5. The highest BCUT2D eigenvalue weighted by Crippen LogP contribution is 2.40. The van der Waals surface area contributed by atoms with Crippen LogP contribution in [0, 0.1) is 0 Å². The van der Waals surface area contributed by atoms with Crippen LogP contribution in [0.15, 0.2) is 0 Å². The molecule has 0 aliphatic rings. The van der Waals surface area contributed by atoms with Crippen LogP contribution in [-0.4, -0.2) is 45.1 Å². The number of hydrogen-bond donors (Lipinski definition) is 2. The zero-order valence-corrected chi connectivity index (χ0v) is 10.1. The molecule has 0 unspecified atom stereocenters. The first-order valence-electron chi connectivity index (χ1n) is 3.58. The summed E-state index contributed by atoms with van der Waals surface area (Å²) in [5.74, 6) is 0.958. The maximum atomic E-state index is 9.19. The first-order valence-corrected chi connectivity index (χ1v) is 7.42. The van der Waals surface area contributed by atoms with Gasteiger partial charge in [0.1, 0.15) is 4.08 Å². The van der Waals surface area contributed by atoms with Crippen LogP contribution in [0.5, 0.6) is 0 Å². The molecule has 0 saturated heterocycles. The zero-order valence-electron chi connectivity index (χ0n) is 7.61. The minimum Gasteiger partial charge on any atom is -0.366 e. The Hall–Kier alpha value is 0.970. The molecular weight excluding hydrogens is 212 g/mol. The predicted molar refractivity (Wildman–Crippen MR) is 61.0 cm³/mol. The minimum absolute atomic E-state index is 0.441. The van der Waals surface area contributed by atoms with Crippen LogP contribution >= 0.6 is 35.3 Å². The van der Waals surface area contributed by atoms with Crippen LogP contribution in [0.1, 0.15) is 6.42 Å². The average Bonchev–Trinajstić information content (AvgIpc) is 2.07. The van der Waals surface area contributed by atoms with E-state index < -0.39 is 10.4 Å². The van der Waals surface area contributed by atoms with Crippen molar-refractivity contribution in [2.24, 2.45) is 0 Å². The second-order valence-electron chi connectivity index (χ2n) is 2.34. The summed E-state index contributed by atoms with van der Waals surface area (Å²) in [6, 6.07) is 0. The van der Waals surface area contributed by atoms with Crippen molar-refractivity contribution in [3.05, 3.63) is 0 Å². The smallest absolute Gasteiger partial charge is 0.175 e. The molecule has 0 amide bonds. The Bertz CT molecular complexity index is 115. The first-order chi connectivity index (χ1) is 5.63. The summed E-state index contributed by atoms with van der Waals surface area (Å²) in [6.07, 6.45) is 5.42. The van der Waals surface area contributed by atoms with Crippen molar-refractivity contribution in [3.63, 3.8) is 0 Å². The van der Waals surface area contributed by atoms with Crippen LogP contribution in [0.4, 0.5) is 0 Å². The second-order valence-corrected chi connectivity index (χ2v) is 5.85. The summed E-state index contributed by atoms with van der Waals surface area (Å²) in [4.78, 5) is 0. The lowest BCUT2D eigenvalue weighted by Crippen LogP contribution is -2.35. The lowest BCUT2D eigenvalue weighted by molar-refractivity contribution is -0.0479. The van der Waals surface area contributed by atoms with E-state index in [2.05, 4.69) is 0 Å². The van der Waals surface area contributed by atoms with Gasteiger partial charge in [-0.3, -0.25) is 0 Å². The summed E-state index contributed by atoms with van der Waals surface area (Å²) in [6.45, 7) is 0. The van der Waals surface area contributed by atoms with Gasteiger partial charge in [-0.15, -0.1) is 23.5 Å². The standard InChI is InChI=1S/C7H16O2S3/c1-10-5-4-7(11-2,12-3)6(8)9/h6,8-9H,4-5H2,1-3H3. The molecule has 0 fully saturated rings. The number of hydrogen-bond acceptors (Lipinski definition) is 5. The van der Waals surface area contributed by atoms with Crippen molar-refractivity contribution < 1.29 is 10.2 Å². The fourth-order valence-electron chi connectivity index (χ4n) is 0.872. The molecule has 2 N–H and O–H groups in total. The SMILES string of the molecule is CSCCC(SC)(SC)C(O)O. The summed E-state index contributed by atoms with van der Waals surface area (Å²) < 4.78 is -0.441. The van der Waals surface area contributed by atoms with Crippen LogP contribution in [0.2, 0.25) is 0 Å². The highest BCUT2D eigenvalue weighted by atomic mass is 32.2. The molecule has 0 aromatic rings. The van der Waals surface area contributed by atoms with Gasteiger partial charge in [0.2, 0.25) is 0 Å². The molecule has 0 aromatic carbocycles. The Morgan fingerprint density at radius 1 is 1.17 bits per heavy atom. The largest absolute Gasteiger partial charge is 0.366 e. The summed E-state index contributed by atoms with van der Waals surface area (Å²) >= 11 is 4.76. The van der Waals surface area contributed by atoms with Crippen LogP contribution < -0.4 is 0 Å². The minimum atomic E-state index is -1.24. The van der Waals surface area contributed by atoms with E-state index in [9.17, 15) is 10.2 Å². The van der Waals surface area contributed by atoms with Crippen molar-refractivity contribution in [1.29, 1.82) is 0 Å². The summed E-state index contributed by atoms with van der Waals surface area (Å²) in [5.41, 5.74) is 0. The first kappa shape index (κ1) is 13.0. The molecule has 12 heavy (non-hydrogen) atoms. The Morgan fingerprint density at radius 3 is 1.92 bits per heavy atom. The highest BCUT2D eigenvalue weighted by Gasteiger charge is 2.34. The number of aliphatic hydroxyl groups excluding tert-OH is 1. The molecule has 2 nitrogen and oxygen atoms in total. The van der Waals surface area contributed by atoms with E-state index in [1.54, 1.807) is 11.8 Å². The molecule has 0 bridgehead atoms. The fraction of sp³-hybridized carbons (Fsp3) is 1.00. The van der Waals surface area contributed by atoms with Gasteiger partial charge in [-0.1, -0.05) is 0 Å². The van der Waals surface area contributed by atoms with Crippen molar-refractivity contribution in [3.8, 4) is 0 Å². The topological polar surface area (TPSA) is 40.5 Å². The molecule has 0 radical (unpaired) electrons. The maximum Gasteiger partial charge on any atom is 0.175 e. The molecule has 0 heterocycles. The van der Waals surface area contributed by atoms with E-state index in [1.807, 2.05) is 18.8 Å². The average molecular weight is 228 g/mol. The third-order valence-corrected chi connectivity index (χ3v) is 5.56. The van der Waals surface area contributed by atoms with E-state index >= 15 is 0 Å². The lowest BCUT2D eigenvalue weighted by atomic mass is 10.3. The van der Waals surface area contributed by atoms with Gasteiger partial charge in [-0.05, 0) is 30.9 Å². The van der Waals surface area contributed by atoms with Gasteiger partial charge in [-0.25, -0.2) is 0 Å². The van der Waals surface area contributed by atoms with E-state index in [0.717, 1.165) is 12.2 Å². The molecule has 74 valence electrons. The summed E-state index contributed by atoms with van der Waals surface area (Å²) in [7, 11) is 0. The Balaban J connectivity index is 4.15. The molecule has 0 saturated carbocycles. The number of thioether (sulfide) groups is 3. The van der Waals surface area contributed by atoms with E-state index in [-0.39, 0.29) is 0 Å². The Kier molecular flexibility index (Phi) is 6.95. The van der Waals surface area contributed by atoms with Crippen LogP contribution in [0.25, 0.3) is 0 Å². The Morgan fingerprint density at radius 2 is 1.67 bits per heavy atom. The van der Waals surface area contributed by atoms with Crippen molar-refractivity contribution >= 4 is 35.3 Å². The summed E-state index contributed by atoms with van der Waals surface area (Å²) in [5, 5.41) is 18.4. The predicted octanol–water partition coefficient (Wildman–Crippen LogP) is 1.47. The van der Waals surface area contributed by atoms with Crippen molar-refractivity contribution in [2.75, 3.05) is 24.5 Å². The zero-order chi connectivity index (χ0) is 9.61. The molecule has 0 spiro atoms. The molecule has 0 rings (SSSR count). The molecule has 0 atom stereocenters. The lowest BCUT2D eigenvalue weighted by Gasteiger charge is -2.31. The fourth-order valence-corrected chi connectivity index (χ4v) is 3.36. The van der Waals surface area contributed by atoms with Gasteiger partial charge in [0.15, 0.2) is 6.29 Å². The van der Waals surface area contributed by atoms with E-state index in [4.69, 9.17) is 0 Å². The van der Waals surface area contributed by atoms with Gasteiger partial charge in [0.25, 0.3) is 0 Å². The monoisotopic (exact) mass is 228 g/mol. The molecule has 0 aromatic heterocycles. The molecule has 0 aliphatic carbocycles. The van der Waals surface area contributed by atoms with Gasteiger partial charge in [0.05, 0.1) is 0 Å². The van der Waals surface area contributed by atoms with Crippen molar-refractivity contribution in [2.45, 2.75) is 16.8 Å². The Labute approximate surface area is 86.9 Å². The second kappa shape index (κ2) is 6.43. The van der Waals surface area contributed by atoms with E-state index in [0.29, 0.717) is 0 Å². The maximum absolute atomic E-state index is 9.19. The third-order valence-electron chi connectivity index (χ3n) is 1.74. The van der Waals surface area contributed by atoms with Gasteiger partial charge in [-0.2, -0.15) is 11.8 Å². The quantitative estimate of drug-likeness (QED) is 0.674.